The van der Waals surface area contributed by atoms with Crippen LogP contribution >= 0.6 is 39.1 Å². The van der Waals surface area contributed by atoms with Crippen molar-refractivity contribution in [1.29, 1.82) is 0 Å². The van der Waals surface area contributed by atoms with Gasteiger partial charge in [0.25, 0.3) is 0 Å². The lowest BCUT2D eigenvalue weighted by molar-refractivity contribution is -0.239. The van der Waals surface area contributed by atoms with E-state index in [0.717, 1.165) is 0 Å². The molecule has 2 heterocycles. The number of nitrogens with zero attached hydrogens (tertiary/aromatic N) is 2. The first-order valence-electron chi connectivity index (χ1n) is 10.4. The minimum Gasteiger partial charge on any atom is -0.456 e. The average molecular weight is 527 g/mol. The second-order valence-electron chi connectivity index (χ2n) is 6.17. The summed E-state index contributed by atoms with van der Waals surface area (Å²) in [7, 11) is 0. The van der Waals surface area contributed by atoms with E-state index in [1.54, 1.807) is 0 Å². The van der Waals surface area contributed by atoms with E-state index in [1.807, 2.05) is 0 Å². The molecule has 0 aliphatic carbocycles. The van der Waals surface area contributed by atoms with Crippen molar-refractivity contribution >= 4 is 68.1 Å². The van der Waals surface area contributed by atoms with Crippen LogP contribution in [0.2, 0.25) is 10.0 Å². The molecule has 0 saturated carbocycles. The number of imidazole rings is 1. The van der Waals surface area contributed by atoms with E-state index in [0.29, 0.717) is 11.0 Å². The van der Waals surface area contributed by atoms with Crippen LogP contribution in [0.3, 0.4) is 0 Å². The van der Waals surface area contributed by atoms with E-state index >= 15 is 0 Å². The summed E-state index contributed by atoms with van der Waals surface area (Å²) in [6, 6.07) is 3.03. The predicted molar refractivity (Wildman–Crippen MR) is 109 cm³/mol. The maximum absolute atomic E-state index is 12.1. The van der Waals surface area contributed by atoms with Crippen molar-refractivity contribution in [2.24, 2.45) is 0 Å². The molecule has 1 saturated heterocycles. The zero-order chi connectivity index (χ0) is 24.3. The summed E-state index contributed by atoms with van der Waals surface area (Å²) in [6.45, 7) is -2.49. The van der Waals surface area contributed by atoms with Gasteiger partial charge in [-0.05, 0) is 28.1 Å². The Kier molecular flexibility index (Phi) is 5.71. The maximum Gasteiger partial charge on any atom is 0.303 e. The number of carbonyl (C=O) groups excluding carboxylic acids is 3. The molecule has 0 spiro atoms. The van der Waals surface area contributed by atoms with Crippen LogP contribution in [0.25, 0.3) is 11.0 Å². The molecule has 0 radical (unpaired) electrons. The minimum absolute atomic E-state index is 0.216. The Balaban J connectivity index is 2.10. The lowest BCUT2D eigenvalue weighted by Gasteiger charge is -2.41. The number of aromatic nitrogens is 2. The Morgan fingerprint density at radius 3 is 2.37 bits per heavy atom. The van der Waals surface area contributed by atoms with Gasteiger partial charge in [-0.2, -0.15) is 0 Å². The van der Waals surface area contributed by atoms with Crippen molar-refractivity contribution in [2.45, 2.75) is 45.2 Å². The van der Waals surface area contributed by atoms with Crippen molar-refractivity contribution in [3.8, 4) is 0 Å². The van der Waals surface area contributed by atoms with Gasteiger partial charge >= 0.3 is 17.9 Å². The highest BCUT2D eigenvalue weighted by Crippen LogP contribution is 2.37. The molecule has 1 aromatic heterocycles. The second-order valence-corrected chi connectivity index (χ2v) is 7.69. The molecule has 1 aliphatic rings. The molecule has 0 bridgehead atoms. The smallest absolute Gasteiger partial charge is 0.303 e. The minimum atomic E-state index is -1.40. The molecule has 9 nitrogen and oxygen atoms in total. The Morgan fingerprint density at radius 1 is 1.10 bits per heavy atom. The van der Waals surface area contributed by atoms with E-state index < -0.39 is 63.1 Å². The predicted octanol–water partition coefficient (Wildman–Crippen LogP) is 3.43. The molecular weight excluding hydrogens is 507 g/mol. The first kappa shape index (κ1) is 18.9. The fraction of sp³-hybridized carbons (Fsp3) is 0.444. The summed E-state index contributed by atoms with van der Waals surface area (Å²) >= 11 is 15.5. The standard InChI is InChI=1S/C18H17BrCl2N2O7/c1-7(24)28-14-6-27-17(16(30-9(3)26)15(14)29-8(2)25)23-13-5-11(21)10(20)4-12(13)22-18(23)19/h4-5,14-17H,6H2,1-3H3/t14-,15+,16-,17?/m1/s1/i1D,2D,3D. The van der Waals surface area contributed by atoms with Crippen LogP contribution in [0, 0.1) is 0 Å². The molecule has 0 amide bonds. The highest BCUT2D eigenvalue weighted by Gasteiger charge is 2.48. The first-order valence-corrected chi connectivity index (χ1v) is 9.85. The van der Waals surface area contributed by atoms with Crippen LogP contribution in [0.15, 0.2) is 16.9 Å². The van der Waals surface area contributed by atoms with E-state index in [4.69, 9.17) is 46.3 Å². The summed E-state index contributed by atoms with van der Waals surface area (Å²) in [5, 5.41) is 0.473. The Bertz CT molecular complexity index is 1070. The van der Waals surface area contributed by atoms with Crippen molar-refractivity contribution in [2.75, 3.05) is 6.61 Å². The van der Waals surface area contributed by atoms with Gasteiger partial charge in [0, 0.05) is 24.8 Å². The molecular formula is C18H17BrCl2N2O7. The van der Waals surface area contributed by atoms with Gasteiger partial charge in [0.1, 0.15) is 0 Å². The van der Waals surface area contributed by atoms with Crippen molar-refractivity contribution < 1.29 is 37.4 Å². The fourth-order valence-corrected chi connectivity index (χ4v) is 4.02. The second kappa shape index (κ2) is 9.09. The van der Waals surface area contributed by atoms with Gasteiger partial charge < -0.3 is 18.9 Å². The molecule has 2 aromatic rings. The Hall–Kier alpha value is -1.88. The van der Waals surface area contributed by atoms with Gasteiger partial charge in [-0.3, -0.25) is 19.0 Å². The zero-order valence-corrected chi connectivity index (χ0v) is 18.3. The third-order valence-corrected chi connectivity index (χ3v) is 5.44. The number of carbonyl (C=O) groups is 3. The van der Waals surface area contributed by atoms with Gasteiger partial charge in [-0.1, -0.05) is 23.2 Å². The first-order chi connectivity index (χ1) is 15.7. The topological polar surface area (TPSA) is 106 Å². The SMILES string of the molecule is [2H]CC(=O)O[C@H]1[C@H](OC(=O)C[2H])COC(n2c(Br)nc3cc(Cl)c(Cl)cc32)[C@@H]1OC(=O)C[2H]. The van der Waals surface area contributed by atoms with Gasteiger partial charge in [-0.25, -0.2) is 4.98 Å². The zero-order valence-electron chi connectivity index (χ0n) is 18.2. The van der Waals surface area contributed by atoms with Crippen molar-refractivity contribution in [3.05, 3.63) is 26.9 Å². The van der Waals surface area contributed by atoms with Crippen molar-refractivity contribution in [3.63, 3.8) is 0 Å². The summed E-state index contributed by atoms with van der Waals surface area (Å²) in [5.74, 6) is -2.85. The normalized spacial score (nSPS) is 25.1. The number of hydrogen-bond donors (Lipinski definition) is 0. The molecule has 30 heavy (non-hydrogen) atoms. The molecule has 0 N–H and O–H groups in total. The molecule has 1 fully saturated rings. The maximum atomic E-state index is 12.1. The van der Waals surface area contributed by atoms with Crippen LogP contribution in [-0.4, -0.2) is 52.4 Å². The average Bonchev–Trinajstić information content (AvgIpc) is 3.10. The van der Waals surface area contributed by atoms with Crippen LogP contribution in [0.1, 0.15) is 31.0 Å². The lowest BCUT2D eigenvalue weighted by atomic mass is 10.0. The van der Waals surface area contributed by atoms with E-state index in [-0.39, 0.29) is 21.4 Å². The number of rotatable bonds is 4. The van der Waals surface area contributed by atoms with Gasteiger partial charge in [-0.15, -0.1) is 0 Å². The molecule has 4 atom stereocenters. The van der Waals surface area contributed by atoms with Gasteiger partial charge in [0.15, 0.2) is 29.3 Å². The third kappa shape index (κ3) is 4.72. The molecule has 3 rings (SSSR count). The highest BCUT2D eigenvalue weighted by molar-refractivity contribution is 9.10. The number of ether oxygens (including phenoxy) is 4. The molecule has 1 unspecified atom stereocenters. The number of halogens is 3. The number of benzene rings is 1. The van der Waals surface area contributed by atoms with Crippen LogP contribution in [0.5, 0.6) is 0 Å². The molecule has 1 aliphatic heterocycles. The van der Waals surface area contributed by atoms with Crippen molar-refractivity contribution in [1.82, 2.24) is 9.55 Å². The largest absolute Gasteiger partial charge is 0.456 e. The van der Waals surface area contributed by atoms with E-state index in [2.05, 4.69) is 20.9 Å². The number of esters is 3. The van der Waals surface area contributed by atoms with Crippen LogP contribution in [0.4, 0.5) is 0 Å². The Morgan fingerprint density at radius 2 is 1.70 bits per heavy atom. The number of fused-ring (bicyclic) bond motifs is 1. The van der Waals surface area contributed by atoms with E-state index in [1.165, 1.54) is 16.7 Å². The highest BCUT2D eigenvalue weighted by atomic mass is 79.9. The van der Waals surface area contributed by atoms with Crippen LogP contribution < -0.4 is 0 Å². The van der Waals surface area contributed by atoms with Gasteiger partial charge in [0.05, 0.1) is 27.7 Å². The summed E-state index contributed by atoms with van der Waals surface area (Å²) in [5.41, 5.74) is 0.855. The van der Waals surface area contributed by atoms with E-state index in [9.17, 15) is 14.4 Å². The summed E-state index contributed by atoms with van der Waals surface area (Å²) < 4.78 is 45.1. The molecule has 162 valence electrons. The van der Waals surface area contributed by atoms with Crippen LogP contribution in [-0.2, 0) is 33.3 Å². The number of hydrogen-bond acceptors (Lipinski definition) is 8. The summed E-state index contributed by atoms with van der Waals surface area (Å²) in [6.07, 6.45) is -5.19. The summed E-state index contributed by atoms with van der Waals surface area (Å²) in [4.78, 5) is 40.1. The van der Waals surface area contributed by atoms with Gasteiger partial charge in [0.2, 0.25) is 0 Å². The third-order valence-electron chi connectivity index (χ3n) is 4.16. The quantitative estimate of drug-likeness (QED) is 0.440. The monoisotopic (exact) mass is 525 g/mol. The molecule has 1 aromatic carbocycles. The molecule has 12 heteroatoms. The lowest BCUT2D eigenvalue weighted by Crippen LogP contribution is -2.55. The Labute approximate surface area is 193 Å². The fourth-order valence-electron chi connectivity index (χ4n) is 3.12.